The summed E-state index contributed by atoms with van der Waals surface area (Å²) < 4.78 is 0. The van der Waals surface area contributed by atoms with Crippen LogP contribution in [0.1, 0.15) is 52.3 Å². The third kappa shape index (κ3) is 6.30. The molecule has 0 saturated heterocycles. The van der Waals surface area contributed by atoms with Crippen LogP contribution in [0.3, 0.4) is 0 Å². The Labute approximate surface area is 280 Å². The van der Waals surface area contributed by atoms with Crippen molar-refractivity contribution >= 4 is 36.9 Å². The number of benzene rings is 2. The van der Waals surface area contributed by atoms with E-state index in [9.17, 15) is 0 Å². The normalized spacial score (nSPS) is 17.6. The summed E-state index contributed by atoms with van der Waals surface area (Å²) in [6.07, 6.45) is 10.6. The van der Waals surface area contributed by atoms with Gasteiger partial charge in [0, 0.05) is 0 Å². The minimum Gasteiger partial charge on any atom is -1.00 e. The third-order valence-corrected chi connectivity index (χ3v) is 17.5. The minimum absolute atomic E-state index is 0. The molecule has 3 aromatic carbocycles. The van der Waals surface area contributed by atoms with Crippen LogP contribution in [-0.4, -0.2) is 16.1 Å². The van der Waals surface area contributed by atoms with Crippen molar-refractivity contribution in [1.29, 1.82) is 0 Å². The van der Waals surface area contributed by atoms with E-state index in [0.717, 1.165) is 6.42 Å². The van der Waals surface area contributed by atoms with E-state index in [0.29, 0.717) is 0 Å². The summed E-state index contributed by atoms with van der Waals surface area (Å²) in [4.78, 5) is 0. The maximum absolute atomic E-state index is 2.66. The number of allylic oxidation sites excluding steroid dienone is 4. The first-order valence-electron chi connectivity index (χ1n) is 13.5. The smallest absolute Gasteiger partial charge is 1.00 e. The van der Waals surface area contributed by atoms with E-state index in [1.54, 1.807) is 20.7 Å². The summed E-state index contributed by atoms with van der Waals surface area (Å²) >= 11 is 0. The molecule has 3 aromatic rings. The molecule has 0 aliphatic heterocycles. The molecule has 0 spiro atoms. The summed E-state index contributed by atoms with van der Waals surface area (Å²) in [6.45, 7) is 26.6. The SMILES string of the molecule is Cc1cc([Si](C)(C)C)cc([Si](c2c(C)cccc2C)([c-]2c(C)c(C)c(C)c2C)C2(C)C=CC=CC2)c1.[Cl-].[Cl-].[Cl-].[Ti+4]. The number of halogens is 3. The van der Waals surface area contributed by atoms with Gasteiger partial charge in [-0.25, -0.2) is 0 Å². The van der Waals surface area contributed by atoms with Crippen LogP contribution in [0.25, 0.3) is 0 Å². The summed E-state index contributed by atoms with van der Waals surface area (Å²) in [5.41, 5.74) is 10.3. The van der Waals surface area contributed by atoms with Crippen LogP contribution < -0.4 is 58.0 Å². The molecule has 4 rings (SSSR count). The van der Waals surface area contributed by atoms with E-state index >= 15 is 0 Å². The summed E-state index contributed by atoms with van der Waals surface area (Å²) in [7, 11) is -4.11. The Morgan fingerprint density at radius 3 is 1.68 bits per heavy atom. The fourth-order valence-corrected chi connectivity index (χ4v) is 15.4. The van der Waals surface area contributed by atoms with Crippen molar-refractivity contribution in [2.24, 2.45) is 0 Å². The Balaban J connectivity index is 0.00000380. The van der Waals surface area contributed by atoms with Crippen LogP contribution >= 0.6 is 0 Å². The van der Waals surface area contributed by atoms with Gasteiger partial charge in [-0.2, -0.15) is 22.3 Å². The average molecular weight is 664 g/mol. The predicted molar refractivity (Wildman–Crippen MR) is 167 cm³/mol. The zero-order chi connectivity index (χ0) is 26.6. The molecule has 0 N–H and O–H groups in total. The largest absolute Gasteiger partial charge is 4.00 e. The molecule has 2 atom stereocenters. The molecule has 0 radical (unpaired) electrons. The summed E-state index contributed by atoms with van der Waals surface area (Å²) in [5.74, 6) is 0. The number of rotatable bonds is 5. The molecule has 40 heavy (non-hydrogen) atoms. The third-order valence-electron chi connectivity index (χ3n) is 9.15. The molecule has 214 valence electrons. The molecule has 0 aromatic heterocycles. The Hall–Kier alpha value is -0.712. The minimum atomic E-state index is -2.59. The van der Waals surface area contributed by atoms with Gasteiger partial charge >= 0.3 is 21.7 Å². The van der Waals surface area contributed by atoms with Crippen molar-refractivity contribution in [1.82, 2.24) is 0 Å². The molecule has 0 saturated carbocycles. The Bertz CT molecular complexity index is 1350. The van der Waals surface area contributed by atoms with Crippen LogP contribution in [0, 0.1) is 48.5 Å². The van der Waals surface area contributed by atoms with Gasteiger partial charge < -0.3 is 37.2 Å². The van der Waals surface area contributed by atoms with Gasteiger partial charge in [-0.3, -0.25) is 0 Å². The van der Waals surface area contributed by atoms with Crippen molar-refractivity contribution in [3.05, 3.63) is 99.6 Å². The summed E-state index contributed by atoms with van der Waals surface area (Å²) in [6, 6.07) is 14.7. The van der Waals surface area contributed by atoms with E-state index in [-0.39, 0.29) is 64.0 Å². The van der Waals surface area contributed by atoms with Crippen molar-refractivity contribution < 1.29 is 58.9 Å². The van der Waals surface area contributed by atoms with Crippen LogP contribution in [0.2, 0.25) is 24.7 Å². The average Bonchev–Trinajstić information content (AvgIpc) is 2.99. The van der Waals surface area contributed by atoms with E-state index in [1.807, 2.05) is 0 Å². The molecule has 0 nitrogen and oxygen atoms in total. The molecule has 1 aliphatic carbocycles. The maximum Gasteiger partial charge on any atom is 4.00 e. The van der Waals surface area contributed by atoms with E-state index in [1.165, 1.54) is 38.9 Å². The van der Waals surface area contributed by atoms with E-state index in [4.69, 9.17) is 0 Å². The van der Waals surface area contributed by atoms with Gasteiger partial charge in [-0.05, 0) is 32.2 Å². The van der Waals surface area contributed by atoms with Gasteiger partial charge in [0.2, 0.25) is 0 Å². The van der Waals surface area contributed by atoms with E-state index in [2.05, 4.69) is 136 Å². The van der Waals surface area contributed by atoms with Crippen LogP contribution in [-0.2, 0) is 21.7 Å². The predicted octanol–water partition coefficient (Wildman–Crippen LogP) is -2.13. The van der Waals surface area contributed by atoms with Crippen molar-refractivity contribution in [3.63, 3.8) is 0 Å². The van der Waals surface area contributed by atoms with Gasteiger partial charge in [-0.15, -0.1) is 5.19 Å². The molecule has 0 fully saturated rings. The van der Waals surface area contributed by atoms with Crippen molar-refractivity contribution in [2.75, 3.05) is 0 Å². The fraction of sp³-hybridized carbons (Fsp3) is 0.382. The zero-order valence-corrected chi connectivity index (χ0v) is 31.9. The second-order valence-corrected chi connectivity index (χ2v) is 21.9. The monoisotopic (exact) mass is 662 g/mol. The maximum atomic E-state index is 2.66. The molecule has 2 unspecified atom stereocenters. The van der Waals surface area contributed by atoms with Gasteiger partial charge in [0.1, 0.15) is 8.07 Å². The molecule has 1 aliphatic rings. The van der Waals surface area contributed by atoms with E-state index < -0.39 is 16.1 Å². The zero-order valence-electron chi connectivity index (χ0n) is 26.1. The Morgan fingerprint density at radius 2 is 1.23 bits per heavy atom. The summed E-state index contributed by atoms with van der Waals surface area (Å²) in [5, 5.41) is 6.47. The second-order valence-electron chi connectivity index (χ2n) is 12.6. The van der Waals surface area contributed by atoms with Crippen LogP contribution in [0.15, 0.2) is 60.7 Å². The molecule has 0 heterocycles. The first kappa shape index (κ1) is 39.3. The van der Waals surface area contributed by atoms with Crippen molar-refractivity contribution in [3.8, 4) is 0 Å². The van der Waals surface area contributed by atoms with Gasteiger partial charge in [0.05, 0.1) is 8.07 Å². The molecule has 6 heteroatoms. The number of aryl methyl sites for hydroxylation is 3. The standard InChI is InChI=1S/C34H45Si2.3ClH.Ti/c1-23-20-30(35(9,10)11)22-31(21-23)36(34(8)18-13-12-14-19-34,32-24(2)16-15-17-25(32)3)33-28(6)26(4)27(5)29(33)7;;;;/h12-18,20-22H,19H2,1-11H3;3*1H;/q-1;;;;+4/p-3. The first-order chi connectivity index (χ1) is 16.8. The van der Waals surface area contributed by atoms with Gasteiger partial charge in [0.15, 0.2) is 0 Å². The van der Waals surface area contributed by atoms with Gasteiger partial charge in [-0.1, -0.05) is 147 Å². The van der Waals surface area contributed by atoms with Crippen molar-refractivity contribution in [2.45, 2.75) is 86.5 Å². The number of hydrogen-bond acceptors (Lipinski definition) is 0. The Morgan fingerprint density at radius 1 is 0.725 bits per heavy atom. The second kappa shape index (κ2) is 14.2. The topological polar surface area (TPSA) is 0 Å². The quantitative estimate of drug-likeness (QED) is 0.216. The fourth-order valence-electron chi connectivity index (χ4n) is 6.94. The Kier molecular flexibility index (Phi) is 13.9. The molecular formula is C34H45Cl3Si2Ti. The van der Waals surface area contributed by atoms with Crippen LogP contribution in [0.5, 0.6) is 0 Å². The number of hydrogen-bond donors (Lipinski definition) is 0. The molecule has 0 amide bonds. The van der Waals surface area contributed by atoms with Crippen LogP contribution in [0.4, 0.5) is 0 Å². The molecular weight excluding hydrogens is 619 g/mol. The molecule has 0 bridgehead atoms. The van der Waals surface area contributed by atoms with Gasteiger partial charge in [0.25, 0.3) is 0 Å². The first-order valence-corrected chi connectivity index (χ1v) is 19.0.